The fourth-order valence-corrected chi connectivity index (χ4v) is 4.52. The van der Waals surface area contributed by atoms with Crippen LogP contribution in [0.15, 0.2) is 22.7 Å². The summed E-state index contributed by atoms with van der Waals surface area (Å²) in [5.74, 6) is 1.41. The van der Waals surface area contributed by atoms with Crippen LogP contribution in [0, 0.1) is 17.8 Å². The van der Waals surface area contributed by atoms with Crippen LogP contribution in [0.3, 0.4) is 0 Å². The molecule has 0 spiro atoms. The van der Waals surface area contributed by atoms with Crippen LogP contribution in [-0.2, 0) is 11.2 Å². The van der Waals surface area contributed by atoms with Gasteiger partial charge in [0.05, 0.1) is 0 Å². The number of ketones is 1. The lowest BCUT2D eigenvalue weighted by Gasteiger charge is -2.27. The smallest absolute Gasteiger partial charge is 0.142 e. The van der Waals surface area contributed by atoms with Crippen molar-refractivity contribution in [1.82, 2.24) is 0 Å². The minimum Gasteiger partial charge on any atom is -0.327 e. The fourth-order valence-electron chi connectivity index (χ4n) is 3.78. The SMILES string of the molecule is NC1C2CCC(C2)C1C(=O)Cc1ccc(Br)cc1Cl. The van der Waals surface area contributed by atoms with Gasteiger partial charge in [0.1, 0.15) is 5.78 Å². The first-order chi connectivity index (χ1) is 9.06. The highest BCUT2D eigenvalue weighted by atomic mass is 79.9. The number of benzene rings is 1. The summed E-state index contributed by atoms with van der Waals surface area (Å²) >= 11 is 9.56. The number of halogens is 2. The van der Waals surface area contributed by atoms with Crippen molar-refractivity contribution < 1.29 is 4.79 Å². The molecule has 0 aliphatic heterocycles. The van der Waals surface area contributed by atoms with Gasteiger partial charge in [0.2, 0.25) is 0 Å². The van der Waals surface area contributed by atoms with E-state index in [0.717, 1.165) is 16.5 Å². The second-order valence-electron chi connectivity index (χ2n) is 5.82. The zero-order chi connectivity index (χ0) is 13.6. The molecule has 2 aliphatic rings. The van der Waals surface area contributed by atoms with E-state index in [1.165, 1.54) is 12.8 Å². The average Bonchev–Trinajstić information content (AvgIpc) is 2.93. The Morgan fingerprint density at radius 1 is 1.37 bits per heavy atom. The van der Waals surface area contributed by atoms with Crippen molar-refractivity contribution in [1.29, 1.82) is 0 Å². The molecule has 4 heteroatoms. The summed E-state index contributed by atoms with van der Waals surface area (Å²) in [6.07, 6.45) is 3.93. The van der Waals surface area contributed by atoms with Gasteiger partial charge in [0.25, 0.3) is 0 Å². The summed E-state index contributed by atoms with van der Waals surface area (Å²) in [7, 11) is 0. The number of hydrogen-bond donors (Lipinski definition) is 1. The molecule has 1 aromatic rings. The zero-order valence-electron chi connectivity index (χ0n) is 10.6. The summed E-state index contributed by atoms with van der Waals surface area (Å²) in [6.45, 7) is 0. The van der Waals surface area contributed by atoms with Crippen molar-refractivity contribution in [3.63, 3.8) is 0 Å². The molecule has 2 saturated carbocycles. The molecule has 1 aromatic carbocycles. The maximum atomic E-state index is 12.5. The number of rotatable bonds is 3. The molecule has 0 aromatic heterocycles. The third-order valence-electron chi connectivity index (χ3n) is 4.73. The quantitative estimate of drug-likeness (QED) is 0.912. The van der Waals surface area contributed by atoms with Crippen LogP contribution in [0.25, 0.3) is 0 Å². The number of Topliss-reactive ketones (excluding diaryl/α,β-unsaturated/α-hetero) is 1. The van der Waals surface area contributed by atoms with Gasteiger partial charge in [0.15, 0.2) is 0 Å². The molecule has 0 radical (unpaired) electrons. The first-order valence-corrected chi connectivity index (χ1v) is 7.95. The summed E-state index contributed by atoms with van der Waals surface area (Å²) in [5, 5.41) is 0.652. The molecule has 2 N–H and O–H groups in total. The van der Waals surface area contributed by atoms with Crippen LogP contribution in [0.2, 0.25) is 5.02 Å². The van der Waals surface area contributed by atoms with Crippen LogP contribution in [-0.4, -0.2) is 11.8 Å². The Kier molecular flexibility index (Phi) is 3.71. The van der Waals surface area contributed by atoms with E-state index < -0.39 is 0 Å². The van der Waals surface area contributed by atoms with Crippen LogP contribution in [0.5, 0.6) is 0 Å². The minimum absolute atomic E-state index is 0.0541. The molecule has 4 unspecified atom stereocenters. The number of nitrogens with two attached hydrogens (primary N) is 1. The molecule has 0 heterocycles. The molecule has 2 fully saturated rings. The van der Waals surface area contributed by atoms with Gasteiger partial charge in [-0.15, -0.1) is 0 Å². The number of carbonyl (C=O) groups is 1. The lowest BCUT2D eigenvalue weighted by Crippen LogP contribution is -2.40. The molecule has 4 atom stereocenters. The van der Waals surface area contributed by atoms with Crippen LogP contribution in [0.1, 0.15) is 24.8 Å². The van der Waals surface area contributed by atoms with Gasteiger partial charge >= 0.3 is 0 Å². The molecule has 2 bridgehead atoms. The summed E-state index contributed by atoms with van der Waals surface area (Å²) < 4.78 is 0.935. The van der Waals surface area contributed by atoms with Crippen molar-refractivity contribution in [3.8, 4) is 0 Å². The maximum Gasteiger partial charge on any atom is 0.142 e. The van der Waals surface area contributed by atoms with Crippen molar-refractivity contribution in [2.75, 3.05) is 0 Å². The first-order valence-electron chi connectivity index (χ1n) is 6.78. The largest absolute Gasteiger partial charge is 0.327 e. The van der Waals surface area contributed by atoms with E-state index in [0.29, 0.717) is 23.3 Å². The Morgan fingerprint density at radius 2 is 2.11 bits per heavy atom. The number of carbonyl (C=O) groups excluding carboxylic acids is 1. The molecule has 2 aliphatic carbocycles. The highest BCUT2D eigenvalue weighted by molar-refractivity contribution is 9.10. The van der Waals surface area contributed by atoms with Gasteiger partial charge in [-0.05, 0) is 48.8 Å². The van der Waals surface area contributed by atoms with Gasteiger partial charge in [-0.25, -0.2) is 0 Å². The highest BCUT2D eigenvalue weighted by Gasteiger charge is 2.48. The average molecular weight is 343 g/mol. The first kappa shape index (κ1) is 13.6. The standard InChI is InChI=1S/C15H17BrClNO/c16-11-4-3-8(12(17)7-11)6-13(19)14-9-1-2-10(5-9)15(14)18/h3-4,7,9-10,14-15H,1-2,5-6,18H2. The van der Waals surface area contributed by atoms with Crippen LogP contribution in [0.4, 0.5) is 0 Å². The Balaban J connectivity index is 1.75. The molecule has 0 saturated heterocycles. The van der Waals surface area contributed by atoms with E-state index in [1.54, 1.807) is 0 Å². The van der Waals surface area contributed by atoms with Crippen molar-refractivity contribution >= 4 is 33.3 Å². The van der Waals surface area contributed by atoms with E-state index in [9.17, 15) is 4.79 Å². The monoisotopic (exact) mass is 341 g/mol. The normalized spacial score (nSPS) is 32.8. The topological polar surface area (TPSA) is 43.1 Å². The Morgan fingerprint density at radius 3 is 2.74 bits per heavy atom. The molecular formula is C15H17BrClNO. The number of fused-ring (bicyclic) bond motifs is 2. The van der Waals surface area contributed by atoms with E-state index in [-0.39, 0.29) is 17.7 Å². The molecular weight excluding hydrogens is 326 g/mol. The summed E-state index contributed by atoms with van der Waals surface area (Å²) in [5.41, 5.74) is 7.13. The summed E-state index contributed by atoms with van der Waals surface area (Å²) in [4.78, 5) is 12.5. The van der Waals surface area contributed by atoms with Crippen molar-refractivity contribution in [2.24, 2.45) is 23.5 Å². The van der Waals surface area contributed by atoms with Gasteiger partial charge in [-0.3, -0.25) is 4.79 Å². The molecule has 102 valence electrons. The Bertz CT molecular complexity index is 517. The molecule has 2 nitrogen and oxygen atoms in total. The third kappa shape index (κ3) is 2.48. The summed E-state index contributed by atoms with van der Waals surface area (Å²) in [6, 6.07) is 5.75. The fraction of sp³-hybridized carbons (Fsp3) is 0.533. The van der Waals surface area contributed by atoms with Crippen molar-refractivity contribution in [3.05, 3.63) is 33.3 Å². The molecule has 3 rings (SSSR count). The Hall–Kier alpha value is -0.380. The predicted molar refractivity (Wildman–Crippen MR) is 80.2 cm³/mol. The second-order valence-corrected chi connectivity index (χ2v) is 7.14. The van der Waals surface area contributed by atoms with E-state index in [1.807, 2.05) is 18.2 Å². The second kappa shape index (κ2) is 5.19. The van der Waals surface area contributed by atoms with Gasteiger partial charge in [-0.2, -0.15) is 0 Å². The van der Waals surface area contributed by atoms with Gasteiger partial charge < -0.3 is 5.73 Å². The van der Waals surface area contributed by atoms with E-state index >= 15 is 0 Å². The predicted octanol–water partition coefficient (Wildman–Crippen LogP) is 3.59. The third-order valence-corrected chi connectivity index (χ3v) is 5.58. The van der Waals surface area contributed by atoms with Crippen LogP contribution < -0.4 is 5.73 Å². The lowest BCUT2D eigenvalue weighted by atomic mass is 9.80. The van der Waals surface area contributed by atoms with Gasteiger partial charge in [0, 0.05) is 27.9 Å². The maximum absolute atomic E-state index is 12.5. The lowest BCUT2D eigenvalue weighted by molar-refractivity contribution is -0.124. The molecule has 19 heavy (non-hydrogen) atoms. The van der Waals surface area contributed by atoms with Gasteiger partial charge in [-0.1, -0.05) is 33.6 Å². The Labute approximate surface area is 126 Å². The highest BCUT2D eigenvalue weighted by Crippen LogP contribution is 2.48. The molecule has 0 amide bonds. The van der Waals surface area contributed by atoms with E-state index in [4.69, 9.17) is 17.3 Å². The van der Waals surface area contributed by atoms with Crippen LogP contribution >= 0.6 is 27.5 Å². The number of hydrogen-bond acceptors (Lipinski definition) is 2. The van der Waals surface area contributed by atoms with E-state index in [2.05, 4.69) is 15.9 Å². The van der Waals surface area contributed by atoms with Crippen molar-refractivity contribution in [2.45, 2.75) is 31.7 Å². The zero-order valence-corrected chi connectivity index (χ0v) is 13.0. The minimum atomic E-state index is 0.0541.